The molecule has 2 fully saturated rings. The summed E-state index contributed by atoms with van der Waals surface area (Å²) in [5.41, 5.74) is 3.84. The molecule has 6 heterocycles. The Morgan fingerprint density at radius 1 is 1.19 bits per heavy atom. The van der Waals surface area contributed by atoms with Crippen molar-refractivity contribution >= 4 is 23.3 Å². The van der Waals surface area contributed by atoms with Crippen LogP contribution in [0.5, 0.6) is 6.01 Å². The van der Waals surface area contributed by atoms with E-state index in [9.17, 15) is 13.6 Å². The van der Waals surface area contributed by atoms with E-state index < -0.39 is 12.0 Å². The lowest BCUT2D eigenvalue weighted by Gasteiger charge is -2.37. The van der Waals surface area contributed by atoms with Gasteiger partial charge in [-0.25, -0.2) is 8.78 Å². The van der Waals surface area contributed by atoms with E-state index in [4.69, 9.17) is 31.0 Å². The fourth-order valence-electron chi connectivity index (χ4n) is 8.86. The maximum atomic E-state index is 13.8. The zero-order valence-electron chi connectivity index (χ0n) is 27.8. The van der Waals surface area contributed by atoms with Crippen LogP contribution in [0.15, 0.2) is 18.2 Å². The van der Waals surface area contributed by atoms with Crippen LogP contribution in [0.1, 0.15) is 89.6 Å². The monoisotopic (exact) mass is 681 g/mol. The average molecular weight is 682 g/mol. The number of rotatable bonds is 6. The van der Waals surface area contributed by atoms with Gasteiger partial charge in [0.25, 0.3) is 12.3 Å². The minimum Gasteiger partial charge on any atom is -0.461 e. The third kappa shape index (κ3) is 5.26. The molecule has 8 rings (SSSR count). The standard InChI is InChI=1S/C35H42ClF2N7O3/c1-21-15-34(9-4-12-44(34)17-21)20-47-33-39-26-16-35(10-8-22-6-7-23(30(37)38)14-25(22)35)48-19-24(26)31(40-33)43-11-5-13-45-27(18-43)28(36)29(41-45)32(46)42(2)3/h6-7,14,21,30H,4-5,8-13,15-20H2,1-3H3/t21-,34+,35?/m1/s1. The number of aryl methyl sites for hydroxylation is 2. The van der Waals surface area contributed by atoms with E-state index in [1.165, 1.54) is 11.0 Å². The normalized spacial score (nSPS) is 26.4. The second kappa shape index (κ2) is 11.9. The molecule has 2 saturated heterocycles. The third-order valence-corrected chi connectivity index (χ3v) is 11.6. The zero-order valence-corrected chi connectivity index (χ0v) is 28.5. The minimum absolute atomic E-state index is 0.00273. The van der Waals surface area contributed by atoms with E-state index in [0.717, 1.165) is 79.1 Å². The van der Waals surface area contributed by atoms with Gasteiger partial charge in [-0.05, 0) is 68.2 Å². The Morgan fingerprint density at radius 2 is 2.04 bits per heavy atom. The van der Waals surface area contributed by atoms with Crippen LogP contribution in [-0.2, 0) is 42.9 Å². The lowest BCUT2D eigenvalue weighted by Crippen LogP contribution is -2.43. The predicted octanol–water partition coefficient (Wildman–Crippen LogP) is 5.54. The molecule has 1 aromatic carbocycles. The molecule has 0 N–H and O–H groups in total. The zero-order chi connectivity index (χ0) is 33.4. The summed E-state index contributed by atoms with van der Waals surface area (Å²) in [5.74, 6) is 1.09. The Kier molecular flexibility index (Phi) is 7.91. The molecule has 1 amide bonds. The highest BCUT2D eigenvalue weighted by Gasteiger charge is 2.48. The molecule has 0 radical (unpaired) electrons. The fraction of sp³-hybridized carbons (Fsp3) is 0.600. The van der Waals surface area contributed by atoms with Gasteiger partial charge in [0, 0.05) is 51.3 Å². The molecular weight excluding hydrogens is 640 g/mol. The lowest BCUT2D eigenvalue weighted by molar-refractivity contribution is -0.0731. The number of carbonyl (C=O) groups is 1. The molecule has 2 aromatic heterocycles. The molecule has 3 aromatic rings. The maximum Gasteiger partial charge on any atom is 0.318 e. The summed E-state index contributed by atoms with van der Waals surface area (Å²) >= 11 is 6.83. The van der Waals surface area contributed by atoms with Crippen molar-refractivity contribution in [3.05, 3.63) is 62.6 Å². The van der Waals surface area contributed by atoms with Crippen molar-refractivity contribution < 1.29 is 23.0 Å². The van der Waals surface area contributed by atoms with Crippen LogP contribution < -0.4 is 9.64 Å². The lowest BCUT2D eigenvalue weighted by atomic mass is 9.86. The van der Waals surface area contributed by atoms with Crippen LogP contribution >= 0.6 is 11.6 Å². The Morgan fingerprint density at radius 3 is 2.85 bits per heavy atom. The molecular formula is C35H42ClF2N7O3. The number of hydrogen-bond acceptors (Lipinski definition) is 8. The van der Waals surface area contributed by atoms with Crippen LogP contribution in [0.4, 0.5) is 14.6 Å². The van der Waals surface area contributed by atoms with Gasteiger partial charge in [-0.1, -0.05) is 30.7 Å². The summed E-state index contributed by atoms with van der Waals surface area (Å²) < 4.78 is 42.7. The van der Waals surface area contributed by atoms with E-state index in [1.807, 2.05) is 10.7 Å². The Bertz CT molecular complexity index is 1770. The van der Waals surface area contributed by atoms with Crippen molar-refractivity contribution in [3.63, 3.8) is 0 Å². The highest BCUT2D eigenvalue weighted by atomic mass is 35.5. The van der Waals surface area contributed by atoms with Crippen LogP contribution in [0.25, 0.3) is 0 Å². The molecule has 0 saturated carbocycles. The summed E-state index contributed by atoms with van der Waals surface area (Å²) in [4.78, 5) is 29.2. The van der Waals surface area contributed by atoms with Gasteiger partial charge in [0.1, 0.15) is 12.4 Å². The van der Waals surface area contributed by atoms with Crippen LogP contribution in [0.3, 0.4) is 0 Å². The number of fused-ring (bicyclic) bond motifs is 5. The minimum atomic E-state index is -2.55. The molecule has 4 aliphatic heterocycles. The Balaban J connectivity index is 1.17. The fourth-order valence-corrected chi connectivity index (χ4v) is 9.13. The summed E-state index contributed by atoms with van der Waals surface area (Å²) in [6, 6.07) is 5.29. The van der Waals surface area contributed by atoms with E-state index in [2.05, 4.69) is 21.8 Å². The quantitative estimate of drug-likeness (QED) is 0.335. The predicted molar refractivity (Wildman–Crippen MR) is 176 cm³/mol. The van der Waals surface area contributed by atoms with Gasteiger partial charge in [-0.15, -0.1) is 0 Å². The molecule has 10 nitrogen and oxygen atoms in total. The van der Waals surface area contributed by atoms with Crippen molar-refractivity contribution in [2.24, 2.45) is 5.92 Å². The SMILES string of the molecule is C[C@H]1CN2CCC[C@@]2(COc2nc3c(c(N4CCCn5nc(C(=O)N(C)C)c(Cl)c5C4)n2)COC2(CCc4ccc(C(F)F)cc42)C3)C1. The molecule has 13 heteroatoms. The molecule has 256 valence electrons. The largest absolute Gasteiger partial charge is 0.461 e. The topological polar surface area (TPSA) is 88.9 Å². The van der Waals surface area contributed by atoms with Crippen LogP contribution in [0, 0.1) is 5.92 Å². The van der Waals surface area contributed by atoms with Gasteiger partial charge in [-0.2, -0.15) is 15.1 Å². The second-order valence-electron chi connectivity index (χ2n) is 14.6. The first kappa shape index (κ1) is 31.9. The van der Waals surface area contributed by atoms with Gasteiger partial charge in [0.2, 0.25) is 0 Å². The van der Waals surface area contributed by atoms with Crippen LogP contribution in [-0.4, -0.2) is 81.3 Å². The highest BCUT2D eigenvalue weighted by molar-refractivity contribution is 6.34. The molecule has 5 aliphatic rings. The number of nitrogens with zero attached hydrogens (tertiary/aromatic N) is 7. The van der Waals surface area contributed by atoms with Crippen molar-refractivity contribution in [2.45, 2.75) is 89.1 Å². The number of alkyl halides is 2. The Labute approximate surface area is 284 Å². The van der Waals surface area contributed by atoms with Gasteiger partial charge in [0.05, 0.1) is 40.7 Å². The summed E-state index contributed by atoms with van der Waals surface area (Å²) in [6.07, 6.45) is 3.45. The summed E-state index contributed by atoms with van der Waals surface area (Å²) in [7, 11) is 3.37. The average Bonchev–Trinajstić information content (AvgIpc) is 3.74. The van der Waals surface area contributed by atoms with Crippen molar-refractivity contribution in [2.75, 3.05) is 45.2 Å². The number of halogens is 3. The number of ether oxygens (including phenoxy) is 2. The summed E-state index contributed by atoms with van der Waals surface area (Å²) in [6.45, 7) is 6.93. The van der Waals surface area contributed by atoms with E-state index in [0.29, 0.717) is 56.0 Å². The van der Waals surface area contributed by atoms with Gasteiger partial charge >= 0.3 is 6.01 Å². The van der Waals surface area contributed by atoms with Crippen molar-refractivity contribution in [1.82, 2.24) is 29.5 Å². The maximum absolute atomic E-state index is 13.8. The number of aromatic nitrogens is 4. The summed E-state index contributed by atoms with van der Waals surface area (Å²) in [5, 5.41) is 4.94. The number of carbonyl (C=O) groups excluding carboxylic acids is 1. The van der Waals surface area contributed by atoms with Crippen LogP contribution in [0.2, 0.25) is 5.02 Å². The van der Waals surface area contributed by atoms with E-state index >= 15 is 0 Å². The first-order valence-electron chi connectivity index (χ1n) is 17.1. The van der Waals surface area contributed by atoms with Gasteiger partial charge < -0.3 is 19.3 Å². The van der Waals surface area contributed by atoms with Crippen molar-refractivity contribution in [1.29, 1.82) is 0 Å². The first-order chi connectivity index (χ1) is 23.1. The van der Waals surface area contributed by atoms with E-state index in [-0.39, 0.29) is 29.3 Å². The van der Waals surface area contributed by atoms with E-state index in [1.54, 1.807) is 20.2 Å². The van der Waals surface area contributed by atoms with Gasteiger partial charge in [-0.3, -0.25) is 14.4 Å². The number of anilines is 1. The molecule has 3 atom stereocenters. The molecule has 1 aliphatic carbocycles. The van der Waals surface area contributed by atoms with Crippen molar-refractivity contribution in [3.8, 4) is 6.01 Å². The first-order valence-corrected chi connectivity index (χ1v) is 17.5. The number of amides is 1. The third-order valence-electron chi connectivity index (χ3n) is 11.2. The smallest absolute Gasteiger partial charge is 0.318 e. The molecule has 1 spiro atoms. The Hall–Kier alpha value is -3.35. The second-order valence-corrected chi connectivity index (χ2v) is 15.0. The van der Waals surface area contributed by atoms with Gasteiger partial charge in [0.15, 0.2) is 5.69 Å². The molecule has 1 unspecified atom stereocenters. The molecule has 48 heavy (non-hydrogen) atoms. The highest BCUT2D eigenvalue weighted by Crippen LogP contribution is 2.48. The number of hydrogen-bond donors (Lipinski definition) is 0. The molecule has 0 bridgehead atoms. The number of benzene rings is 1.